The molecular weight excluding hydrogens is 628 g/mol. The highest BCUT2D eigenvalue weighted by Crippen LogP contribution is 2.56. The van der Waals surface area contributed by atoms with E-state index in [0.29, 0.717) is 53.7 Å². The Morgan fingerprint density at radius 3 is 2.65 bits per heavy atom. The van der Waals surface area contributed by atoms with Gasteiger partial charge in [0.25, 0.3) is 0 Å². The number of ether oxygens (including phenoxy) is 4. The molecule has 11 nitrogen and oxygen atoms in total. The number of benzene rings is 2. The van der Waals surface area contributed by atoms with Gasteiger partial charge in [-0.15, -0.1) is 0 Å². The highest BCUT2D eigenvalue weighted by Gasteiger charge is 2.48. The third-order valence-electron chi connectivity index (χ3n) is 10.8. The Morgan fingerprint density at radius 1 is 1.14 bits per heavy atom. The molecule has 11 heteroatoms. The molecule has 0 spiro atoms. The van der Waals surface area contributed by atoms with Crippen molar-refractivity contribution in [1.82, 2.24) is 10.3 Å². The number of aromatic amines is 1. The van der Waals surface area contributed by atoms with Crippen molar-refractivity contribution in [2.75, 3.05) is 26.8 Å². The third kappa shape index (κ3) is 5.53. The lowest BCUT2D eigenvalue weighted by atomic mass is 9.75. The molecule has 4 aliphatic rings. The molecule has 2 aromatic carbocycles. The van der Waals surface area contributed by atoms with E-state index in [2.05, 4.69) is 10.3 Å². The predicted molar refractivity (Wildman–Crippen MR) is 180 cm³/mol. The van der Waals surface area contributed by atoms with Crippen LogP contribution >= 0.6 is 0 Å². The normalized spacial score (nSPS) is 23.7. The first-order chi connectivity index (χ1) is 23.7. The maximum absolute atomic E-state index is 13.5. The Morgan fingerprint density at radius 2 is 1.94 bits per heavy atom. The molecule has 1 saturated heterocycles. The molecule has 2 fully saturated rings. The van der Waals surface area contributed by atoms with Crippen molar-refractivity contribution in [2.45, 2.75) is 76.6 Å². The quantitative estimate of drug-likeness (QED) is 0.200. The number of aldehydes is 1. The lowest BCUT2D eigenvalue weighted by Gasteiger charge is -2.39. The number of carbonyl (C=O) groups is 3. The Bertz CT molecular complexity index is 1900. The number of fused-ring (bicyclic) bond motifs is 3. The molecule has 3 aromatic rings. The van der Waals surface area contributed by atoms with Gasteiger partial charge in [0.1, 0.15) is 34.7 Å². The molecule has 0 unspecified atom stereocenters. The van der Waals surface area contributed by atoms with Gasteiger partial charge in [0.15, 0.2) is 6.29 Å². The number of rotatable bonds is 8. The number of methoxy groups -OCH3 is 1. The second kappa shape index (κ2) is 13.1. The summed E-state index contributed by atoms with van der Waals surface area (Å²) in [6.07, 6.45) is 4.54. The first-order valence-corrected chi connectivity index (χ1v) is 17.0. The summed E-state index contributed by atoms with van der Waals surface area (Å²) in [5, 5.41) is 27.1. The Labute approximate surface area is 284 Å². The first kappa shape index (κ1) is 33.1. The molecule has 0 amide bonds. The van der Waals surface area contributed by atoms with Gasteiger partial charge in [-0.1, -0.05) is 11.6 Å². The highest BCUT2D eigenvalue weighted by molar-refractivity contribution is 6.11. The molecule has 49 heavy (non-hydrogen) atoms. The van der Waals surface area contributed by atoms with Gasteiger partial charge in [-0.3, -0.25) is 9.59 Å². The van der Waals surface area contributed by atoms with Crippen molar-refractivity contribution in [2.24, 2.45) is 5.92 Å². The lowest BCUT2D eigenvalue weighted by Crippen LogP contribution is -2.51. The van der Waals surface area contributed by atoms with Crippen molar-refractivity contribution in [3.8, 4) is 17.2 Å². The van der Waals surface area contributed by atoms with Gasteiger partial charge >= 0.3 is 5.97 Å². The Kier molecular flexibility index (Phi) is 8.85. The zero-order valence-electron chi connectivity index (χ0n) is 28.0. The number of nitrogens with one attached hydrogen (secondary N) is 2. The standard InChI is InChI=1S/C38H42N2O9/c1-4-47-37(44)36-26(18-41)31(22-6-8-29(43)24(16-22)20-5-7-28-21(15-20)9-14-40-28)32-34(46-3)25-17-30(38(2,45)23-10-12-39-13-11-23)48-33(25)27(19-42)35(32)49-36/h5,7,9,14-15,18,23-24,30,39-40,42,45H,4,6,8,10-13,16-17,19H2,1-3H3/b31-22-/t24-,30+,38-/m1/s1. The second-order valence-corrected chi connectivity index (χ2v) is 13.5. The van der Waals surface area contributed by atoms with Crippen molar-refractivity contribution in [3.63, 3.8) is 0 Å². The summed E-state index contributed by atoms with van der Waals surface area (Å²) in [6.45, 7) is 4.58. The summed E-state index contributed by atoms with van der Waals surface area (Å²) in [6, 6.07) is 7.85. The van der Waals surface area contributed by atoms with E-state index >= 15 is 0 Å². The van der Waals surface area contributed by atoms with Crippen molar-refractivity contribution in [3.05, 3.63) is 69.6 Å². The van der Waals surface area contributed by atoms with Crippen LogP contribution in [-0.2, 0) is 32.1 Å². The summed E-state index contributed by atoms with van der Waals surface area (Å²) >= 11 is 0. The van der Waals surface area contributed by atoms with Crippen LogP contribution in [0.1, 0.15) is 74.1 Å². The van der Waals surface area contributed by atoms with E-state index < -0.39 is 30.2 Å². The maximum atomic E-state index is 13.5. The lowest BCUT2D eigenvalue weighted by molar-refractivity contribution is -0.141. The van der Waals surface area contributed by atoms with E-state index in [0.717, 1.165) is 48.0 Å². The molecule has 1 saturated carbocycles. The van der Waals surface area contributed by atoms with Crippen LogP contribution in [0.3, 0.4) is 0 Å². The fourth-order valence-electron chi connectivity index (χ4n) is 8.16. The molecule has 3 aliphatic heterocycles. The Balaban J connectivity index is 1.41. The number of hydrogen-bond acceptors (Lipinski definition) is 10. The van der Waals surface area contributed by atoms with Crippen molar-refractivity contribution < 1.29 is 43.5 Å². The number of carbonyl (C=O) groups excluding carboxylic acids is 3. The molecule has 258 valence electrons. The zero-order valence-corrected chi connectivity index (χ0v) is 28.0. The third-order valence-corrected chi connectivity index (χ3v) is 10.8. The summed E-state index contributed by atoms with van der Waals surface area (Å²) in [7, 11) is 1.51. The minimum absolute atomic E-state index is 0.00515. The molecule has 3 atom stereocenters. The molecule has 0 bridgehead atoms. The minimum Gasteiger partial charge on any atom is -0.496 e. The topological polar surface area (TPSA) is 156 Å². The number of aromatic nitrogens is 1. The molecular formula is C38H42N2O9. The fourth-order valence-corrected chi connectivity index (χ4v) is 8.16. The average Bonchev–Trinajstić information content (AvgIpc) is 3.78. The van der Waals surface area contributed by atoms with Gasteiger partial charge in [0.2, 0.25) is 5.76 Å². The predicted octanol–water partition coefficient (Wildman–Crippen LogP) is 4.42. The van der Waals surface area contributed by atoms with Crippen molar-refractivity contribution in [1.29, 1.82) is 0 Å². The van der Waals surface area contributed by atoms with E-state index in [9.17, 15) is 24.6 Å². The number of Topliss-reactive ketones (excluding diaryl/α,β-unsaturated/α-hetero) is 1. The van der Waals surface area contributed by atoms with Crippen LogP contribution in [-0.4, -0.2) is 71.7 Å². The summed E-state index contributed by atoms with van der Waals surface area (Å²) < 4.78 is 24.2. The summed E-state index contributed by atoms with van der Waals surface area (Å²) in [5.74, 6) is -0.713. The molecule has 4 heterocycles. The van der Waals surface area contributed by atoms with Gasteiger partial charge in [-0.05, 0) is 87.7 Å². The van der Waals surface area contributed by atoms with Crippen LogP contribution in [0, 0.1) is 5.92 Å². The number of H-pyrrole nitrogens is 1. The smallest absolute Gasteiger partial charge is 0.375 e. The molecule has 4 N–H and O–H groups in total. The van der Waals surface area contributed by atoms with Crippen LogP contribution in [0.15, 0.2) is 47.4 Å². The molecule has 1 aliphatic carbocycles. The number of aliphatic hydroxyl groups excluding tert-OH is 1. The van der Waals surface area contributed by atoms with Crippen LogP contribution in [0.4, 0.5) is 0 Å². The largest absolute Gasteiger partial charge is 0.496 e. The zero-order chi connectivity index (χ0) is 34.4. The van der Waals surface area contributed by atoms with E-state index in [4.69, 9.17) is 18.9 Å². The van der Waals surface area contributed by atoms with Crippen LogP contribution in [0.2, 0.25) is 0 Å². The van der Waals surface area contributed by atoms with Crippen molar-refractivity contribution >= 4 is 34.5 Å². The second-order valence-electron chi connectivity index (χ2n) is 13.5. The average molecular weight is 671 g/mol. The van der Waals surface area contributed by atoms with E-state index in [1.54, 1.807) is 13.8 Å². The number of esters is 1. The number of hydrogen-bond donors (Lipinski definition) is 4. The Hall–Kier alpha value is -4.45. The number of allylic oxidation sites excluding steroid dienone is 3. The van der Waals surface area contributed by atoms with Crippen LogP contribution in [0.5, 0.6) is 17.2 Å². The van der Waals surface area contributed by atoms with Crippen LogP contribution < -0.4 is 19.5 Å². The highest BCUT2D eigenvalue weighted by atomic mass is 16.6. The summed E-state index contributed by atoms with van der Waals surface area (Å²) in [4.78, 5) is 43.1. The van der Waals surface area contributed by atoms with E-state index in [-0.39, 0.29) is 47.4 Å². The van der Waals surface area contributed by atoms with Gasteiger partial charge in [0, 0.05) is 41.6 Å². The monoisotopic (exact) mass is 670 g/mol. The summed E-state index contributed by atoms with van der Waals surface area (Å²) in [5.41, 5.74) is 3.17. The molecule has 7 rings (SSSR count). The number of piperidine rings is 1. The maximum Gasteiger partial charge on any atom is 0.375 e. The minimum atomic E-state index is -1.19. The molecule has 0 radical (unpaired) electrons. The van der Waals surface area contributed by atoms with Crippen LogP contribution in [0.25, 0.3) is 16.5 Å². The number of aliphatic hydroxyl groups is 2. The van der Waals surface area contributed by atoms with Gasteiger partial charge in [-0.25, -0.2) is 4.79 Å². The van der Waals surface area contributed by atoms with Gasteiger partial charge in [-0.2, -0.15) is 0 Å². The van der Waals surface area contributed by atoms with Gasteiger partial charge < -0.3 is 39.5 Å². The fraction of sp³-hybridized carbons (Fsp3) is 0.447. The SMILES string of the molecule is CCOC(=O)C1=C(C=O)/C(=C2\CCC(=O)[C@@H](c3ccc4[nH]ccc4c3)C2)c2c(OC)c3c(c(CO)c2O1)O[C@H]([C@](C)(O)C1CCNCC1)C3. The molecule has 1 aromatic heterocycles. The first-order valence-electron chi connectivity index (χ1n) is 17.0. The van der Waals surface area contributed by atoms with E-state index in [1.165, 1.54) is 7.11 Å². The van der Waals surface area contributed by atoms with E-state index in [1.807, 2.05) is 30.5 Å². The van der Waals surface area contributed by atoms with Gasteiger partial charge in [0.05, 0.1) is 37.0 Å². The number of ketones is 1.